The number of alkyl halides is 3. The summed E-state index contributed by atoms with van der Waals surface area (Å²) < 4.78 is 42.4. The summed E-state index contributed by atoms with van der Waals surface area (Å²) in [5, 5.41) is 0. The quantitative estimate of drug-likeness (QED) is 0.627. The van der Waals surface area contributed by atoms with Crippen LogP contribution in [0.15, 0.2) is 47.3 Å². The van der Waals surface area contributed by atoms with Crippen molar-refractivity contribution in [2.75, 3.05) is 0 Å². The molecule has 0 aliphatic carbocycles. The van der Waals surface area contributed by atoms with E-state index in [1.54, 1.807) is 19.9 Å². The van der Waals surface area contributed by atoms with Crippen molar-refractivity contribution in [1.82, 2.24) is 9.13 Å². The van der Waals surface area contributed by atoms with Crippen LogP contribution in [0.2, 0.25) is 0 Å². The first kappa shape index (κ1) is 22.1. The summed E-state index contributed by atoms with van der Waals surface area (Å²) in [6.45, 7) is 4.48. The monoisotopic (exact) mass is 431 g/mol. The Morgan fingerprint density at radius 3 is 2.23 bits per heavy atom. The number of para-hydroxylation sites is 1. The number of Topliss-reactive ketones (excluding diaryl/α,β-unsaturated/α-hetero) is 1. The van der Waals surface area contributed by atoms with Gasteiger partial charge in [0.05, 0.1) is 6.54 Å². The number of nitrogens with zero attached hydrogens (tertiary/aromatic N) is 2. The summed E-state index contributed by atoms with van der Waals surface area (Å²) in [6.07, 6.45) is -4.90. The van der Waals surface area contributed by atoms with Crippen molar-refractivity contribution < 1.29 is 22.8 Å². The Morgan fingerprint density at radius 2 is 1.65 bits per heavy atom. The van der Waals surface area contributed by atoms with E-state index in [2.05, 4.69) is 0 Å². The van der Waals surface area contributed by atoms with Crippen molar-refractivity contribution in [2.45, 2.75) is 33.5 Å². The fraction of sp³-hybridized carbons (Fsp3) is 0.227. The minimum atomic E-state index is -4.90. The Kier molecular flexibility index (Phi) is 5.62. The van der Waals surface area contributed by atoms with Crippen LogP contribution in [0.25, 0.3) is 5.69 Å². The molecule has 0 aliphatic heterocycles. The number of hydrogen-bond acceptors (Lipinski definition) is 3. The molecule has 2 aromatic heterocycles. The van der Waals surface area contributed by atoms with E-state index in [0.717, 1.165) is 17.3 Å². The van der Waals surface area contributed by atoms with E-state index in [4.69, 9.17) is 5.73 Å². The number of aryl methyl sites for hydroxylation is 2. The van der Waals surface area contributed by atoms with Crippen molar-refractivity contribution in [3.05, 3.63) is 86.6 Å². The number of pyridine rings is 1. The number of nitrogens with two attached hydrogens (primary N) is 1. The molecule has 2 N–H and O–H groups in total. The molecule has 0 bridgehead atoms. The predicted molar refractivity (Wildman–Crippen MR) is 109 cm³/mol. The van der Waals surface area contributed by atoms with Gasteiger partial charge in [0.2, 0.25) is 0 Å². The normalized spacial score (nSPS) is 11.5. The van der Waals surface area contributed by atoms with Crippen LogP contribution in [-0.2, 0) is 12.7 Å². The molecule has 9 heteroatoms. The Labute approximate surface area is 175 Å². The minimum absolute atomic E-state index is 0.185. The first-order chi connectivity index (χ1) is 14.4. The Bertz CT molecular complexity index is 1250. The lowest BCUT2D eigenvalue weighted by atomic mass is 10.1. The van der Waals surface area contributed by atoms with Crippen LogP contribution in [-0.4, -0.2) is 20.8 Å². The molecule has 1 aromatic carbocycles. The largest absolute Gasteiger partial charge is 0.431 e. The van der Waals surface area contributed by atoms with Gasteiger partial charge < -0.3 is 10.3 Å². The minimum Gasteiger partial charge on any atom is -0.365 e. The molecule has 3 rings (SSSR count). The first-order valence-corrected chi connectivity index (χ1v) is 9.32. The summed E-state index contributed by atoms with van der Waals surface area (Å²) in [4.78, 5) is 36.9. The van der Waals surface area contributed by atoms with Crippen molar-refractivity contribution in [2.24, 2.45) is 5.73 Å². The highest BCUT2D eigenvalue weighted by Crippen LogP contribution is 2.29. The van der Waals surface area contributed by atoms with E-state index in [-0.39, 0.29) is 10.1 Å². The van der Waals surface area contributed by atoms with Crippen molar-refractivity contribution >= 4 is 11.7 Å². The van der Waals surface area contributed by atoms with Gasteiger partial charge in [-0.2, -0.15) is 13.2 Å². The number of halogens is 3. The lowest BCUT2D eigenvalue weighted by molar-refractivity contribution is -0.144. The Balaban J connectivity index is 2.10. The Morgan fingerprint density at radius 1 is 1.00 bits per heavy atom. The number of hydrogen-bond donors (Lipinski definition) is 1. The van der Waals surface area contributed by atoms with E-state index in [9.17, 15) is 27.6 Å². The molecule has 0 saturated carbocycles. The second kappa shape index (κ2) is 7.90. The molecule has 6 nitrogen and oxygen atoms in total. The van der Waals surface area contributed by atoms with Gasteiger partial charge in [0, 0.05) is 22.6 Å². The van der Waals surface area contributed by atoms with Crippen LogP contribution in [0.4, 0.5) is 13.2 Å². The highest BCUT2D eigenvalue weighted by atomic mass is 19.4. The zero-order valence-electron chi connectivity index (χ0n) is 17.1. The topological polar surface area (TPSA) is 87.1 Å². The fourth-order valence-electron chi connectivity index (χ4n) is 3.63. The number of carbonyl (C=O) groups excluding carboxylic acids is 2. The molecule has 0 spiro atoms. The number of primary amides is 1. The van der Waals surface area contributed by atoms with Gasteiger partial charge in [0.1, 0.15) is 11.3 Å². The van der Waals surface area contributed by atoms with Crippen LogP contribution < -0.4 is 11.3 Å². The smallest absolute Gasteiger partial charge is 0.365 e. The SMILES string of the molecule is Cc1ccccc1-n1c(C)cc(C(=O)Cn2c(C(F)(F)F)ccc(C(N)=O)c2=O)c1C. The summed E-state index contributed by atoms with van der Waals surface area (Å²) in [6, 6.07) is 10.3. The summed E-state index contributed by atoms with van der Waals surface area (Å²) in [7, 11) is 0. The third kappa shape index (κ3) is 4.03. The molecular formula is C22H20F3N3O3. The molecule has 0 atom stereocenters. The number of rotatable bonds is 5. The summed E-state index contributed by atoms with van der Waals surface area (Å²) in [5.41, 5.74) is 5.09. The van der Waals surface area contributed by atoms with Crippen LogP contribution in [0.1, 0.15) is 43.4 Å². The predicted octanol–water partition coefficient (Wildman–Crippen LogP) is 3.56. The number of benzene rings is 1. The second-order valence-corrected chi connectivity index (χ2v) is 7.22. The number of amides is 1. The molecule has 2 heterocycles. The third-order valence-corrected chi connectivity index (χ3v) is 5.12. The molecular weight excluding hydrogens is 411 g/mol. The third-order valence-electron chi connectivity index (χ3n) is 5.12. The van der Waals surface area contributed by atoms with Gasteiger partial charge in [-0.25, -0.2) is 0 Å². The standard InChI is InChI=1S/C22H20F3N3O3/c1-12-6-4-5-7-17(12)28-13(2)10-16(14(28)3)18(29)11-27-19(22(23,24)25)9-8-15(20(26)30)21(27)31/h4-10H,11H2,1-3H3,(H2,26,30). The zero-order valence-corrected chi connectivity index (χ0v) is 17.1. The molecule has 31 heavy (non-hydrogen) atoms. The highest BCUT2D eigenvalue weighted by molar-refractivity contribution is 5.98. The zero-order chi connectivity index (χ0) is 23.1. The molecule has 0 unspecified atom stereocenters. The van der Waals surface area contributed by atoms with Gasteiger partial charge in [-0.3, -0.25) is 19.0 Å². The van der Waals surface area contributed by atoms with E-state index in [0.29, 0.717) is 17.5 Å². The Hall–Kier alpha value is -3.62. The van der Waals surface area contributed by atoms with E-state index >= 15 is 0 Å². The fourth-order valence-corrected chi connectivity index (χ4v) is 3.63. The molecule has 0 fully saturated rings. The average molecular weight is 431 g/mol. The lowest BCUT2D eigenvalue weighted by Gasteiger charge is -2.16. The van der Waals surface area contributed by atoms with Crippen LogP contribution in [0, 0.1) is 20.8 Å². The van der Waals surface area contributed by atoms with E-state index < -0.39 is 41.2 Å². The van der Waals surface area contributed by atoms with Crippen molar-refractivity contribution in [1.29, 1.82) is 0 Å². The van der Waals surface area contributed by atoms with E-state index in [1.165, 1.54) is 0 Å². The van der Waals surface area contributed by atoms with Crippen LogP contribution in [0.3, 0.4) is 0 Å². The molecule has 0 saturated heterocycles. The van der Waals surface area contributed by atoms with Gasteiger partial charge >= 0.3 is 6.18 Å². The number of aromatic nitrogens is 2. The van der Waals surface area contributed by atoms with Crippen molar-refractivity contribution in [3.8, 4) is 5.69 Å². The van der Waals surface area contributed by atoms with Gasteiger partial charge in [-0.05, 0) is 50.6 Å². The van der Waals surface area contributed by atoms with Gasteiger partial charge in [0.25, 0.3) is 11.5 Å². The maximum absolute atomic E-state index is 13.4. The van der Waals surface area contributed by atoms with Crippen molar-refractivity contribution in [3.63, 3.8) is 0 Å². The average Bonchev–Trinajstić information content (AvgIpc) is 2.97. The van der Waals surface area contributed by atoms with E-state index in [1.807, 2.05) is 35.8 Å². The second-order valence-electron chi connectivity index (χ2n) is 7.22. The summed E-state index contributed by atoms with van der Waals surface area (Å²) in [5.74, 6) is -1.86. The lowest BCUT2D eigenvalue weighted by Crippen LogP contribution is -2.35. The molecule has 0 aliphatic rings. The van der Waals surface area contributed by atoms with Crippen LogP contribution in [0.5, 0.6) is 0 Å². The number of ketones is 1. The molecule has 3 aromatic rings. The van der Waals surface area contributed by atoms with Gasteiger partial charge in [0.15, 0.2) is 5.78 Å². The maximum atomic E-state index is 13.4. The number of carbonyl (C=O) groups is 2. The summed E-state index contributed by atoms with van der Waals surface area (Å²) >= 11 is 0. The highest BCUT2D eigenvalue weighted by Gasteiger charge is 2.36. The van der Waals surface area contributed by atoms with Gasteiger partial charge in [-0.1, -0.05) is 18.2 Å². The van der Waals surface area contributed by atoms with Gasteiger partial charge in [-0.15, -0.1) is 0 Å². The maximum Gasteiger partial charge on any atom is 0.431 e. The molecule has 1 amide bonds. The molecule has 162 valence electrons. The van der Waals surface area contributed by atoms with Crippen LogP contribution >= 0.6 is 0 Å². The first-order valence-electron chi connectivity index (χ1n) is 9.32. The molecule has 0 radical (unpaired) electrons.